The Labute approximate surface area is 264 Å². The number of nitrogens with one attached hydrogen (secondary N) is 1. The molecule has 1 N–H and O–H groups in total. The number of benzene rings is 3. The third-order valence-corrected chi connectivity index (χ3v) is 9.90. The van der Waals surface area contributed by atoms with Crippen molar-refractivity contribution in [3.05, 3.63) is 93.5 Å². The first-order valence-electron chi connectivity index (χ1n) is 15.0. The van der Waals surface area contributed by atoms with Crippen molar-refractivity contribution in [3.8, 4) is 5.75 Å². The fourth-order valence-corrected chi connectivity index (χ4v) is 7.08. The molecule has 0 bridgehead atoms. The van der Waals surface area contributed by atoms with Gasteiger partial charge in [0.1, 0.15) is 18.3 Å². The number of carbonyl (C=O) groups excluding carboxylic acids is 2. The van der Waals surface area contributed by atoms with Crippen LogP contribution in [-0.4, -0.2) is 55.8 Å². The molecule has 4 rings (SSSR count). The summed E-state index contributed by atoms with van der Waals surface area (Å²) >= 11 is 0. The third-order valence-electron chi connectivity index (χ3n) is 8.13. The average Bonchev–Trinajstić information content (AvgIpc) is 3.52. The number of nitrogens with zero attached hydrogens (tertiary/aromatic N) is 3. The van der Waals surface area contributed by atoms with E-state index in [1.54, 1.807) is 12.1 Å². The Hall–Kier alpha value is -4.45. The second kappa shape index (κ2) is 14.6. The van der Waals surface area contributed by atoms with Crippen LogP contribution in [0.2, 0.25) is 0 Å². The van der Waals surface area contributed by atoms with Gasteiger partial charge in [0.25, 0.3) is 15.7 Å². The first-order valence-corrected chi connectivity index (χ1v) is 16.5. The first kappa shape index (κ1) is 33.4. The summed E-state index contributed by atoms with van der Waals surface area (Å²) in [7, 11) is -3.01. The molecule has 1 saturated carbocycles. The lowest BCUT2D eigenvalue weighted by Gasteiger charge is -2.34. The van der Waals surface area contributed by atoms with Gasteiger partial charge in [-0.05, 0) is 69.0 Å². The molecular formula is C33H40N4O7S. The minimum atomic E-state index is -4.49. The molecule has 1 aliphatic rings. The van der Waals surface area contributed by atoms with Crippen molar-refractivity contribution in [1.29, 1.82) is 0 Å². The Morgan fingerprint density at radius 1 is 1.04 bits per heavy atom. The Kier molecular flexibility index (Phi) is 10.8. The molecule has 0 saturated heterocycles. The van der Waals surface area contributed by atoms with Crippen LogP contribution in [0.15, 0.2) is 71.6 Å². The number of ether oxygens (including phenoxy) is 1. The highest BCUT2D eigenvalue weighted by molar-refractivity contribution is 7.92. The van der Waals surface area contributed by atoms with Gasteiger partial charge in [-0.2, -0.15) is 0 Å². The number of amides is 2. The maximum Gasteiger partial charge on any atom is 0.273 e. The molecule has 0 aromatic heterocycles. The first-order chi connectivity index (χ1) is 21.4. The van der Waals surface area contributed by atoms with Gasteiger partial charge < -0.3 is 15.0 Å². The summed E-state index contributed by atoms with van der Waals surface area (Å²) in [5.41, 5.74) is 1.88. The fraction of sp³-hybridized carbons (Fsp3) is 0.394. The zero-order chi connectivity index (χ0) is 32.7. The van der Waals surface area contributed by atoms with Crippen LogP contribution in [0.3, 0.4) is 0 Å². The van der Waals surface area contributed by atoms with Crippen molar-refractivity contribution in [1.82, 2.24) is 10.2 Å². The SMILES string of the molecule is CC[C@@H](C(=O)NC1CCCC1)N(Cc1cccc(C)c1)C(=O)CN(c1ccc(OC)cc1)S(=O)(=O)c1ccc(C)c([N+](=O)[O-])c1. The van der Waals surface area contributed by atoms with Crippen LogP contribution in [-0.2, 0) is 26.2 Å². The molecule has 1 fully saturated rings. The van der Waals surface area contributed by atoms with Gasteiger partial charge in [-0.1, -0.05) is 55.7 Å². The lowest BCUT2D eigenvalue weighted by atomic mass is 10.1. The third kappa shape index (κ3) is 7.99. The zero-order valence-corrected chi connectivity index (χ0v) is 26.9. The Bertz CT molecular complexity index is 1640. The molecule has 3 aromatic rings. The highest BCUT2D eigenvalue weighted by atomic mass is 32.2. The van der Waals surface area contributed by atoms with Crippen LogP contribution in [0.1, 0.15) is 55.7 Å². The molecular weight excluding hydrogens is 596 g/mol. The minimum Gasteiger partial charge on any atom is -0.497 e. The standard InChI is InChI=1S/C33H40N4O7S/c1-5-30(33(39)34-26-11-6-7-12-26)35(21-25-10-8-9-23(2)19-25)32(38)22-36(27-14-16-28(44-4)17-15-27)45(42,43)29-18-13-24(3)31(20-29)37(40)41/h8-10,13-20,26,30H,5-7,11-12,21-22H2,1-4H3,(H,34,39)/t30-/m0/s1. The Morgan fingerprint density at radius 3 is 2.33 bits per heavy atom. The van der Waals surface area contributed by atoms with E-state index in [0.29, 0.717) is 17.7 Å². The molecule has 45 heavy (non-hydrogen) atoms. The summed E-state index contributed by atoms with van der Waals surface area (Å²) in [5.74, 6) is -0.395. The number of rotatable bonds is 13. The molecule has 0 spiro atoms. The van der Waals surface area contributed by atoms with Crippen LogP contribution < -0.4 is 14.4 Å². The summed E-state index contributed by atoms with van der Waals surface area (Å²) in [4.78, 5) is 40.0. The van der Waals surface area contributed by atoms with Crippen LogP contribution in [0.4, 0.5) is 11.4 Å². The smallest absolute Gasteiger partial charge is 0.273 e. The molecule has 0 heterocycles. The molecule has 2 amide bonds. The molecule has 1 aliphatic carbocycles. The zero-order valence-electron chi connectivity index (χ0n) is 26.1. The van der Waals surface area contributed by atoms with Gasteiger partial charge >= 0.3 is 0 Å². The van der Waals surface area contributed by atoms with E-state index in [-0.39, 0.29) is 34.8 Å². The van der Waals surface area contributed by atoms with Crippen LogP contribution in [0.25, 0.3) is 0 Å². The van der Waals surface area contributed by atoms with Gasteiger partial charge in [0.05, 0.1) is 22.6 Å². The number of hydrogen-bond donors (Lipinski definition) is 1. The van der Waals surface area contributed by atoms with Gasteiger partial charge in [-0.25, -0.2) is 8.42 Å². The Balaban J connectivity index is 1.76. The monoisotopic (exact) mass is 636 g/mol. The number of nitro groups is 1. The molecule has 11 nitrogen and oxygen atoms in total. The second-order valence-corrected chi connectivity index (χ2v) is 13.2. The van der Waals surface area contributed by atoms with Crippen molar-refractivity contribution >= 4 is 33.2 Å². The maximum atomic E-state index is 14.3. The highest BCUT2D eigenvalue weighted by Gasteiger charge is 2.35. The van der Waals surface area contributed by atoms with Crippen LogP contribution in [0.5, 0.6) is 5.75 Å². The van der Waals surface area contributed by atoms with Gasteiger partial charge in [0, 0.05) is 24.2 Å². The summed E-state index contributed by atoms with van der Waals surface area (Å²) in [5, 5.41) is 14.8. The topological polar surface area (TPSA) is 139 Å². The van der Waals surface area contributed by atoms with E-state index in [4.69, 9.17) is 4.74 Å². The number of carbonyl (C=O) groups is 2. The molecule has 0 radical (unpaired) electrons. The van der Waals surface area contributed by atoms with Gasteiger partial charge in [0.2, 0.25) is 11.8 Å². The van der Waals surface area contributed by atoms with E-state index in [9.17, 15) is 28.1 Å². The lowest BCUT2D eigenvalue weighted by Crippen LogP contribution is -2.53. The van der Waals surface area contributed by atoms with E-state index >= 15 is 0 Å². The second-order valence-electron chi connectivity index (χ2n) is 11.3. The largest absolute Gasteiger partial charge is 0.497 e. The predicted molar refractivity (Wildman–Crippen MR) is 172 cm³/mol. The fourth-order valence-electron chi connectivity index (χ4n) is 5.65. The summed E-state index contributed by atoms with van der Waals surface area (Å²) in [6.45, 7) is 4.71. The Morgan fingerprint density at radius 2 is 1.73 bits per heavy atom. The van der Waals surface area contributed by atoms with E-state index < -0.39 is 33.4 Å². The molecule has 240 valence electrons. The van der Waals surface area contributed by atoms with E-state index in [1.165, 1.54) is 43.2 Å². The number of sulfonamides is 1. The van der Waals surface area contributed by atoms with Gasteiger partial charge in [-0.3, -0.25) is 24.0 Å². The maximum absolute atomic E-state index is 14.3. The molecule has 12 heteroatoms. The predicted octanol–water partition coefficient (Wildman–Crippen LogP) is 5.28. The number of anilines is 1. The highest BCUT2D eigenvalue weighted by Crippen LogP contribution is 2.30. The van der Waals surface area contributed by atoms with E-state index in [0.717, 1.165) is 47.2 Å². The number of aryl methyl sites for hydroxylation is 2. The number of hydrogen-bond acceptors (Lipinski definition) is 7. The lowest BCUT2D eigenvalue weighted by molar-refractivity contribution is -0.385. The normalized spacial score (nSPS) is 14.0. The summed E-state index contributed by atoms with van der Waals surface area (Å²) in [6, 6.07) is 16.5. The molecule has 0 aliphatic heterocycles. The number of nitro benzene ring substituents is 1. The summed E-state index contributed by atoms with van der Waals surface area (Å²) < 4.78 is 34.5. The van der Waals surface area contributed by atoms with Crippen molar-refractivity contribution in [2.45, 2.75) is 76.4 Å². The van der Waals surface area contributed by atoms with E-state index in [1.807, 2.05) is 38.1 Å². The van der Waals surface area contributed by atoms with Crippen molar-refractivity contribution < 1.29 is 27.7 Å². The van der Waals surface area contributed by atoms with E-state index in [2.05, 4.69) is 5.32 Å². The molecule has 1 atom stereocenters. The molecule has 0 unspecified atom stereocenters. The van der Waals surface area contributed by atoms with Crippen molar-refractivity contribution in [2.24, 2.45) is 0 Å². The minimum absolute atomic E-state index is 0.0379. The summed E-state index contributed by atoms with van der Waals surface area (Å²) in [6.07, 6.45) is 4.12. The molecule has 3 aromatic carbocycles. The average molecular weight is 637 g/mol. The quantitative estimate of drug-likeness (QED) is 0.199. The van der Waals surface area contributed by atoms with Gasteiger partial charge in [-0.15, -0.1) is 0 Å². The van der Waals surface area contributed by atoms with Crippen LogP contribution >= 0.6 is 0 Å². The van der Waals surface area contributed by atoms with Crippen LogP contribution in [0, 0.1) is 24.0 Å². The van der Waals surface area contributed by atoms with Crippen molar-refractivity contribution in [2.75, 3.05) is 18.0 Å². The van der Waals surface area contributed by atoms with Gasteiger partial charge in [0.15, 0.2) is 0 Å². The van der Waals surface area contributed by atoms with Crippen molar-refractivity contribution in [3.63, 3.8) is 0 Å². The number of methoxy groups -OCH3 is 1.